The van der Waals surface area contributed by atoms with Crippen molar-refractivity contribution in [2.75, 3.05) is 0 Å². The number of hydrogen-bond acceptors (Lipinski definition) is 0. The summed E-state index contributed by atoms with van der Waals surface area (Å²) in [5, 5.41) is 0. The second kappa shape index (κ2) is 7.98. The Morgan fingerprint density at radius 3 is 1.13 bits per heavy atom. The van der Waals surface area contributed by atoms with Crippen LogP contribution in [0.2, 0.25) is 0 Å². The summed E-state index contributed by atoms with van der Waals surface area (Å²) in [5.41, 5.74) is -0.927. The lowest BCUT2D eigenvalue weighted by Gasteiger charge is -2.32. The van der Waals surface area contributed by atoms with Gasteiger partial charge in [0.15, 0.2) is 0 Å². The summed E-state index contributed by atoms with van der Waals surface area (Å²) in [6.07, 6.45) is -8.45. The second-order valence-corrected chi connectivity index (χ2v) is 9.07. The van der Waals surface area contributed by atoms with Crippen LogP contribution in [0.5, 0.6) is 0 Å². The lowest BCUT2D eigenvalue weighted by molar-refractivity contribution is -0.138. The minimum absolute atomic E-state index is 0.0282. The quantitative estimate of drug-likeness (QED) is 0.353. The third-order valence-electron chi connectivity index (χ3n) is 4.67. The van der Waals surface area contributed by atoms with E-state index in [1.165, 1.54) is 12.1 Å². The minimum Gasteiger partial charge on any atom is -0.175 e. The van der Waals surface area contributed by atoms with Crippen molar-refractivity contribution in [3.63, 3.8) is 0 Å². The molecular weight excluding hydrogens is 429 g/mol. The summed E-state index contributed by atoms with van der Waals surface area (Å²) in [6, 6.07) is 13.8. The monoisotopic (exact) mass is 446 g/mol. The van der Waals surface area contributed by atoms with E-state index in [-0.39, 0.29) is 14.7 Å². The lowest BCUT2D eigenvalue weighted by Crippen LogP contribution is -2.06. The van der Waals surface area contributed by atoms with Crippen LogP contribution in [0.25, 0.3) is 0 Å². The van der Waals surface area contributed by atoms with Crippen molar-refractivity contribution in [1.82, 2.24) is 0 Å². The Bertz CT molecular complexity index is 929. The first-order chi connectivity index (χ1) is 14.0. The maximum Gasteiger partial charge on any atom is 0.416 e. The largest absolute Gasteiger partial charge is 0.416 e. The van der Waals surface area contributed by atoms with Crippen LogP contribution >= 0.6 is 10.4 Å². The standard InChI is InChI=1S/C22H17F7S/c1-2-15-3-9-18(10-4-15)30(29,19-11-5-16(6-12-19)21(23,24)25)20-13-7-17(8-14-20)22(26,27)28/h3-14H,2H2,1H3. The molecule has 160 valence electrons. The highest BCUT2D eigenvalue weighted by Crippen LogP contribution is 2.69. The number of benzene rings is 3. The van der Waals surface area contributed by atoms with Crippen LogP contribution in [-0.2, 0) is 18.8 Å². The average molecular weight is 446 g/mol. The molecule has 0 N–H and O–H groups in total. The first-order valence-electron chi connectivity index (χ1n) is 8.93. The van der Waals surface area contributed by atoms with Gasteiger partial charge in [0.05, 0.1) is 11.1 Å². The second-order valence-electron chi connectivity index (χ2n) is 6.58. The highest BCUT2D eigenvalue weighted by Gasteiger charge is 2.36. The molecule has 0 heterocycles. The molecule has 0 spiro atoms. The van der Waals surface area contributed by atoms with Gasteiger partial charge in [-0.25, -0.2) is 0 Å². The highest BCUT2D eigenvalue weighted by molar-refractivity contribution is 8.29. The van der Waals surface area contributed by atoms with E-state index in [4.69, 9.17) is 0 Å². The summed E-state index contributed by atoms with van der Waals surface area (Å²) in [5.74, 6) is 0. The fourth-order valence-corrected chi connectivity index (χ4v) is 5.33. The van der Waals surface area contributed by atoms with Gasteiger partial charge < -0.3 is 0 Å². The molecule has 0 aliphatic carbocycles. The van der Waals surface area contributed by atoms with Crippen LogP contribution in [-0.4, -0.2) is 0 Å². The summed E-state index contributed by atoms with van der Waals surface area (Å²) in [4.78, 5) is 0.137. The number of hydrogen-bond donors (Lipinski definition) is 0. The first-order valence-corrected chi connectivity index (χ1v) is 10.5. The summed E-state index contributed by atoms with van der Waals surface area (Å²) in [7, 11) is -3.56. The van der Waals surface area contributed by atoms with Crippen molar-refractivity contribution in [1.29, 1.82) is 0 Å². The molecule has 0 amide bonds. The molecule has 0 aromatic heterocycles. The Balaban J connectivity index is 2.15. The summed E-state index contributed by atoms with van der Waals surface area (Å²) in [6.45, 7) is 1.91. The van der Waals surface area contributed by atoms with E-state index in [1.807, 2.05) is 6.92 Å². The molecule has 3 rings (SSSR count). The molecule has 0 unspecified atom stereocenters. The van der Waals surface area contributed by atoms with Crippen LogP contribution in [0.15, 0.2) is 87.5 Å². The van der Waals surface area contributed by atoms with Gasteiger partial charge in [-0.1, -0.05) is 19.1 Å². The van der Waals surface area contributed by atoms with E-state index in [0.717, 1.165) is 54.1 Å². The molecular formula is C22H17F7S. The first kappa shape index (κ1) is 22.2. The molecule has 0 atom stereocenters. The number of alkyl halides is 6. The fourth-order valence-electron chi connectivity index (χ4n) is 2.98. The normalized spacial score (nSPS) is 13.3. The van der Waals surface area contributed by atoms with Crippen molar-refractivity contribution >= 4 is 10.4 Å². The number of rotatable bonds is 4. The van der Waals surface area contributed by atoms with Crippen molar-refractivity contribution in [2.45, 2.75) is 40.4 Å². The molecule has 0 nitrogen and oxygen atoms in total. The van der Waals surface area contributed by atoms with Crippen molar-refractivity contribution in [3.8, 4) is 0 Å². The number of halogens is 7. The highest BCUT2D eigenvalue weighted by atomic mass is 32.3. The fraction of sp³-hybridized carbons (Fsp3) is 0.182. The van der Waals surface area contributed by atoms with Crippen molar-refractivity contribution in [2.24, 2.45) is 0 Å². The molecule has 0 saturated carbocycles. The lowest BCUT2D eigenvalue weighted by atomic mass is 10.2. The van der Waals surface area contributed by atoms with Gasteiger partial charge in [0.2, 0.25) is 0 Å². The molecule has 0 radical (unpaired) electrons. The average Bonchev–Trinajstić information content (AvgIpc) is 2.72. The van der Waals surface area contributed by atoms with Crippen molar-refractivity contribution < 1.29 is 30.2 Å². The summed E-state index contributed by atoms with van der Waals surface area (Å²) < 4.78 is 94.1. The predicted octanol–water partition coefficient (Wildman–Crippen LogP) is 8.45. The van der Waals surface area contributed by atoms with Crippen molar-refractivity contribution in [3.05, 3.63) is 89.5 Å². The molecule has 0 aliphatic heterocycles. The Labute approximate surface area is 171 Å². The molecule has 0 aliphatic rings. The molecule has 8 heteroatoms. The molecule has 0 bridgehead atoms. The Kier molecular flexibility index (Phi) is 5.91. The van der Waals surface area contributed by atoms with E-state index >= 15 is 3.89 Å². The van der Waals surface area contributed by atoms with E-state index < -0.39 is 33.9 Å². The van der Waals surface area contributed by atoms with Gasteiger partial charge in [0, 0.05) is 14.7 Å². The van der Waals surface area contributed by atoms with Gasteiger partial charge in [0.25, 0.3) is 0 Å². The van der Waals surface area contributed by atoms with E-state index in [1.54, 1.807) is 12.1 Å². The number of aryl methyl sites for hydroxylation is 1. The van der Waals surface area contributed by atoms with Gasteiger partial charge in [-0.15, -0.1) is 0 Å². The van der Waals surface area contributed by atoms with E-state index in [9.17, 15) is 26.3 Å². The van der Waals surface area contributed by atoms with Gasteiger partial charge in [0.1, 0.15) is 0 Å². The Morgan fingerprint density at radius 2 is 0.867 bits per heavy atom. The molecule has 3 aromatic carbocycles. The molecule has 30 heavy (non-hydrogen) atoms. The van der Waals surface area contributed by atoms with Gasteiger partial charge in [-0.05, 0) is 83.1 Å². The zero-order chi connectivity index (χ0) is 22.2. The van der Waals surface area contributed by atoms with Crippen LogP contribution in [0.4, 0.5) is 30.2 Å². The minimum atomic E-state index is -4.58. The zero-order valence-corrected chi connectivity index (χ0v) is 16.5. The topological polar surface area (TPSA) is 0 Å². The van der Waals surface area contributed by atoms with Crippen LogP contribution in [0.1, 0.15) is 23.6 Å². The van der Waals surface area contributed by atoms with Gasteiger partial charge in [-0.3, -0.25) is 0 Å². The third-order valence-corrected chi connectivity index (χ3v) is 7.43. The van der Waals surface area contributed by atoms with E-state index in [0.29, 0.717) is 6.42 Å². The van der Waals surface area contributed by atoms with Crippen LogP contribution in [0, 0.1) is 0 Å². The SMILES string of the molecule is CCc1ccc(S(F)(c2ccc(C(F)(F)F)cc2)c2ccc(C(F)(F)F)cc2)cc1. The van der Waals surface area contributed by atoms with E-state index in [2.05, 4.69) is 0 Å². The molecule has 3 aromatic rings. The third kappa shape index (κ3) is 4.33. The molecule has 0 saturated heterocycles. The van der Waals surface area contributed by atoms with Gasteiger partial charge in [-0.2, -0.15) is 30.2 Å². The van der Waals surface area contributed by atoms with Crippen LogP contribution in [0.3, 0.4) is 0 Å². The molecule has 0 fully saturated rings. The smallest absolute Gasteiger partial charge is 0.175 e. The van der Waals surface area contributed by atoms with Crippen LogP contribution < -0.4 is 0 Å². The van der Waals surface area contributed by atoms with Gasteiger partial charge >= 0.3 is 12.4 Å². The summed E-state index contributed by atoms with van der Waals surface area (Å²) >= 11 is 0. The maximum absolute atomic E-state index is 16.6. The zero-order valence-electron chi connectivity index (χ0n) is 15.7. The Morgan fingerprint density at radius 1 is 0.567 bits per heavy atom. The Hall–Kier alpha value is -2.48. The predicted molar refractivity (Wildman–Crippen MR) is 102 cm³/mol. The maximum atomic E-state index is 16.6.